The average molecular weight is 471 g/mol. The molecule has 4 rings (SSSR count). The molecule has 1 heterocycles. The summed E-state index contributed by atoms with van der Waals surface area (Å²) in [7, 11) is -3.76. The summed E-state index contributed by atoms with van der Waals surface area (Å²) in [5.41, 5.74) is 3.54. The molecule has 8 heteroatoms. The first-order valence-corrected chi connectivity index (χ1v) is 12.1. The van der Waals surface area contributed by atoms with E-state index >= 15 is 0 Å². The predicted octanol–water partition coefficient (Wildman–Crippen LogP) is 4.67. The number of fused-ring (bicyclic) bond motifs is 1. The summed E-state index contributed by atoms with van der Waals surface area (Å²) in [6.45, 7) is 2.20. The standard InChI is InChI=1S/C24H23ClN2O4S/c1-2-17-7-9-19(10-8-17)26-24(28)16-31-23-12-11-20(15-21(23)25)32(29,30)27-14-13-18-5-3-4-6-22(18)27/h3-12,15H,2,13-14,16H2,1H3,(H,26,28). The number of halogens is 1. The highest BCUT2D eigenvalue weighted by Gasteiger charge is 2.31. The molecular weight excluding hydrogens is 448 g/mol. The van der Waals surface area contributed by atoms with E-state index < -0.39 is 10.0 Å². The molecule has 0 spiro atoms. The van der Waals surface area contributed by atoms with Crippen molar-refractivity contribution < 1.29 is 17.9 Å². The van der Waals surface area contributed by atoms with Crippen LogP contribution >= 0.6 is 11.6 Å². The normalized spacial score (nSPS) is 13.0. The van der Waals surface area contributed by atoms with Crippen molar-refractivity contribution in [1.29, 1.82) is 0 Å². The summed E-state index contributed by atoms with van der Waals surface area (Å²) in [5, 5.41) is 2.88. The van der Waals surface area contributed by atoms with E-state index in [-0.39, 0.29) is 28.2 Å². The molecule has 166 valence electrons. The van der Waals surface area contributed by atoms with Gasteiger partial charge in [0.1, 0.15) is 5.75 Å². The van der Waals surface area contributed by atoms with E-state index in [1.54, 1.807) is 6.07 Å². The maximum absolute atomic E-state index is 13.1. The van der Waals surface area contributed by atoms with Crippen LogP contribution in [0.15, 0.2) is 71.6 Å². The van der Waals surface area contributed by atoms with Crippen molar-refractivity contribution in [3.8, 4) is 5.75 Å². The number of anilines is 2. The Morgan fingerprint density at radius 3 is 2.56 bits per heavy atom. The first kappa shape index (κ1) is 22.2. The molecule has 0 unspecified atom stereocenters. The Balaban J connectivity index is 1.42. The van der Waals surface area contributed by atoms with Crippen LogP contribution in [0.4, 0.5) is 11.4 Å². The molecule has 0 aromatic heterocycles. The lowest BCUT2D eigenvalue weighted by Gasteiger charge is -2.20. The van der Waals surface area contributed by atoms with Gasteiger partial charge in [0.25, 0.3) is 15.9 Å². The molecule has 1 amide bonds. The number of para-hydroxylation sites is 1. The Bertz CT molecular complexity index is 1240. The van der Waals surface area contributed by atoms with Crippen molar-refractivity contribution in [2.24, 2.45) is 0 Å². The molecule has 32 heavy (non-hydrogen) atoms. The highest BCUT2D eigenvalue weighted by Crippen LogP contribution is 2.35. The molecule has 1 N–H and O–H groups in total. The first-order valence-electron chi connectivity index (χ1n) is 10.3. The lowest BCUT2D eigenvalue weighted by Crippen LogP contribution is -2.29. The topological polar surface area (TPSA) is 75.7 Å². The summed E-state index contributed by atoms with van der Waals surface area (Å²) in [6.07, 6.45) is 1.59. The van der Waals surface area contributed by atoms with Crippen LogP contribution < -0.4 is 14.4 Å². The van der Waals surface area contributed by atoms with Crippen molar-refractivity contribution in [2.45, 2.75) is 24.7 Å². The Kier molecular flexibility index (Phi) is 6.39. The zero-order valence-electron chi connectivity index (χ0n) is 17.5. The summed E-state index contributed by atoms with van der Waals surface area (Å²) >= 11 is 6.28. The number of rotatable bonds is 7. The van der Waals surface area contributed by atoms with Crippen LogP contribution in [0, 0.1) is 0 Å². The Labute approximate surface area is 192 Å². The van der Waals surface area contributed by atoms with E-state index in [1.807, 2.05) is 42.5 Å². The second kappa shape index (κ2) is 9.22. The molecule has 0 fully saturated rings. The van der Waals surface area contributed by atoms with Crippen molar-refractivity contribution in [2.75, 3.05) is 22.8 Å². The second-order valence-corrected chi connectivity index (χ2v) is 9.70. The van der Waals surface area contributed by atoms with Crippen molar-refractivity contribution in [3.05, 3.63) is 82.9 Å². The Morgan fingerprint density at radius 2 is 1.84 bits per heavy atom. The fourth-order valence-corrected chi connectivity index (χ4v) is 5.44. The number of aryl methyl sites for hydroxylation is 1. The van der Waals surface area contributed by atoms with Gasteiger partial charge in [0, 0.05) is 12.2 Å². The number of hydrogen-bond acceptors (Lipinski definition) is 4. The van der Waals surface area contributed by atoms with Crippen LogP contribution in [-0.2, 0) is 27.7 Å². The summed E-state index contributed by atoms with van der Waals surface area (Å²) < 4.78 is 33.2. The predicted molar refractivity (Wildman–Crippen MR) is 126 cm³/mol. The van der Waals surface area contributed by atoms with Crippen LogP contribution in [0.3, 0.4) is 0 Å². The first-order chi connectivity index (χ1) is 15.4. The molecule has 0 saturated carbocycles. The summed E-state index contributed by atoms with van der Waals surface area (Å²) in [4.78, 5) is 12.3. The number of benzene rings is 3. The van der Waals surface area contributed by atoms with Gasteiger partial charge in [0.15, 0.2) is 6.61 Å². The average Bonchev–Trinajstić information content (AvgIpc) is 3.24. The number of nitrogens with one attached hydrogen (secondary N) is 1. The van der Waals surface area contributed by atoms with Crippen LogP contribution in [0.25, 0.3) is 0 Å². The number of ether oxygens (including phenoxy) is 1. The van der Waals surface area contributed by atoms with E-state index in [4.69, 9.17) is 16.3 Å². The fourth-order valence-electron chi connectivity index (χ4n) is 3.61. The van der Waals surface area contributed by atoms with E-state index in [9.17, 15) is 13.2 Å². The van der Waals surface area contributed by atoms with Crippen LogP contribution in [0.1, 0.15) is 18.1 Å². The highest BCUT2D eigenvalue weighted by atomic mass is 35.5. The zero-order valence-corrected chi connectivity index (χ0v) is 19.1. The third kappa shape index (κ3) is 4.59. The maximum Gasteiger partial charge on any atom is 0.264 e. The van der Waals surface area contributed by atoms with Crippen molar-refractivity contribution in [1.82, 2.24) is 0 Å². The van der Waals surface area contributed by atoms with Gasteiger partial charge in [-0.05, 0) is 60.4 Å². The van der Waals surface area contributed by atoms with E-state index in [2.05, 4.69) is 12.2 Å². The number of sulfonamides is 1. The molecular formula is C24H23ClN2O4S. The minimum Gasteiger partial charge on any atom is -0.482 e. The Hall–Kier alpha value is -3.03. The summed E-state index contributed by atoms with van der Waals surface area (Å²) in [5.74, 6) is -0.0976. The zero-order chi connectivity index (χ0) is 22.7. The van der Waals surface area contributed by atoms with Gasteiger partial charge in [0.2, 0.25) is 0 Å². The number of carbonyl (C=O) groups is 1. The number of nitrogens with zero attached hydrogens (tertiary/aromatic N) is 1. The Morgan fingerprint density at radius 1 is 1.09 bits per heavy atom. The molecule has 1 aliphatic heterocycles. The van der Waals surface area contributed by atoms with E-state index in [1.165, 1.54) is 28.1 Å². The molecule has 0 radical (unpaired) electrons. The SMILES string of the molecule is CCc1ccc(NC(=O)COc2ccc(S(=O)(=O)N3CCc4ccccc43)cc2Cl)cc1. The largest absolute Gasteiger partial charge is 0.482 e. The molecule has 1 aliphatic rings. The van der Waals surface area contributed by atoms with Crippen LogP contribution in [-0.4, -0.2) is 27.5 Å². The third-order valence-electron chi connectivity index (χ3n) is 5.34. The molecule has 0 atom stereocenters. The van der Waals surface area contributed by atoms with Gasteiger partial charge in [-0.1, -0.05) is 48.9 Å². The monoisotopic (exact) mass is 470 g/mol. The number of amides is 1. The van der Waals surface area contributed by atoms with Gasteiger partial charge in [-0.15, -0.1) is 0 Å². The molecule has 0 aliphatic carbocycles. The molecule has 0 bridgehead atoms. The molecule has 3 aromatic carbocycles. The molecule has 0 saturated heterocycles. The maximum atomic E-state index is 13.1. The van der Waals surface area contributed by atoms with Gasteiger partial charge >= 0.3 is 0 Å². The van der Waals surface area contributed by atoms with Crippen molar-refractivity contribution >= 4 is 38.9 Å². The molecule has 3 aromatic rings. The van der Waals surface area contributed by atoms with Gasteiger partial charge in [-0.25, -0.2) is 8.42 Å². The highest BCUT2D eigenvalue weighted by molar-refractivity contribution is 7.92. The lowest BCUT2D eigenvalue weighted by molar-refractivity contribution is -0.118. The number of carbonyl (C=O) groups excluding carboxylic acids is 1. The number of hydrogen-bond donors (Lipinski definition) is 1. The van der Waals surface area contributed by atoms with E-state index in [0.29, 0.717) is 24.3 Å². The smallest absolute Gasteiger partial charge is 0.264 e. The minimum absolute atomic E-state index is 0.0759. The quantitative estimate of drug-likeness (QED) is 0.544. The van der Waals surface area contributed by atoms with Crippen molar-refractivity contribution in [3.63, 3.8) is 0 Å². The van der Waals surface area contributed by atoms with Gasteiger partial charge in [-0.2, -0.15) is 0 Å². The second-order valence-electron chi connectivity index (χ2n) is 7.44. The fraction of sp³-hybridized carbons (Fsp3) is 0.208. The lowest BCUT2D eigenvalue weighted by atomic mass is 10.1. The summed E-state index contributed by atoms with van der Waals surface area (Å²) in [6, 6.07) is 19.3. The van der Waals surface area contributed by atoms with Crippen LogP contribution in [0.2, 0.25) is 5.02 Å². The minimum atomic E-state index is -3.76. The third-order valence-corrected chi connectivity index (χ3v) is 7.45. The van der Waals surface area contributed by atoms with Crippen LogP contribution in [0.5, 0.6) is 5.75 Å². The van der Waals surface area contributed by atoms with Gasteiger partial charge in [-0.3, -0.25) is 9.10 Å². The molecule has 6 nitrogen and oxygen atoms in total. The van der Waals surface area contributed by atoms with Gasteiger partial charge in [0.05, 0.1) is 15.6 Å². The van der Waals surface area contributed by atoms with Gasteiger partial charge < -0.3 is 10.1 Å². The van der Waals surface area contributed by atoms with E-state index in [0.717, 1.165) is 12.0 Å².